The Labute approximate surface area is 107 Å². The molecule has 2 aliphatic rings. The first kappa shape index (κ1) is 13.5. The van der Waals surface area contributed by atoms with E-state index in [1.54, 1.807) is 0 Å². The normalized spacial score (nSPS) is 26.7. The summed E-state index contributed by atoms with van der Waals surface area (Å²) >= 11 is 0. The zero-order chi connectivity index (χ0) is 13.0. The fourth-order valence-corrected chi connectivity index (χ4v) is 2.43. The van der Waals surface area contributed by atoms with E-state index in [0.29, 0.717) is 19.1 Å². The number of morpholine rings is 1. The molecule has 2 rings (SSSR count). The average molecular weight is 256 g/mol. The maximum atomic E-state index is 11.7. The van der Waals surface area contributed by atoms with Crippen LogP contribution in [0.5, 0.6) is 0 Å². The summed E-state index contributed by atoms with van der Waals surface area (Å²) in [6.45, 7) is 4.72. The molecule has 0 aliphatic carbocycles. The molecule has 2 heterocycles. The molecule has 0 bridgehead atoms. The van der Waals surface area contributed by atoms with Crippen LogP contribution in [0.1, 0.15) is 13.3 Å². The molecule has 2 unspecified atom stereocenters. The van der Waals surface area contributed by atoms with E-state index in [1.807, 2.05) is 6.92 Å². The highest BCUT2D eigenvalue weighted by atomic mass is 16.5. The van der Waals surface area contributed by atoms with Crippen LogP contribution in [0.15, 0.2) is 0 Å². The number of rotatable bonds is 5. The number of likely N-dealkylation sites (N-methyl/N-ethyl adjacent to an activating group) is 1. The van der Waals surface area contributed by atoms with Crippen molar-refractivity contribution in [1.82, 2.24) is 10.2 Å². The standard InChI is InChI=1S/C12H20N2O4/c1-2-13-10(9-3-4-17-6-9)5-14-11(15)7-18-8-12(14)16/h9-10,13H,2-8H2,1H3. The molecule has 0 spiro atoms. The van der Waals surface area contributed by atoms with Gasteiger partial charge in [0.25, 0.3) is 11.8 Å². The second-order valence-electron chi connectivity index (χ2n) is 4.68. The van der Waals surface area contributed by atoms with E-state index in [2.05, 4.69) is 5.32 Å². The summed E-state index contributed by atoms with van der Waals surface area (Å²) in [5.41, 5.74) is 0. The summed E-state index contributed by atoms with van der Waals surface area (Å²) in [5, 5.41) is 3.35. The van der Waals surface area contributed by atoms with Crippen LogP contribution in [0.2, 0.25) is 0 Å². The van der Waals surface area contributed by atoms with Crippen LogP contribution in [-0.2, 0) is 19.1 Å². The first-order chi connectivity index (χ1) is 8.72. The van der Waals surface area contributed by atoms with E-state index in [1.165, 1.54) is 4.90 Å². The minimum absolute atomic E-state index is 0.00571. The van der Waals surface area contributed by atoms with E-state index >= 15 is 0 Å². The number of hydrogen-bond acceptors (Lipinski definition) is 5. The zero-order valence-electron chi connectivity index (χ0n) is 10.7. The van der Waals surface area contributed by atoms with Gasteiger partial charge in [0.2, 0.25) is 0 Å². The number of ether oxygens (including phenoxy) is 2. The molecule has 0 radical (unpaired) electrons. The van der Waals surface area contributed by atoms with Crippen molar-refractivity contribution in [2.75, 3.05) is 39.5 Å². The van der Waals surface area contributed by atoms with Crippen LogP contribution >= 0.6 is 0 Å². The number of nitrogens with zero attached hydrogens (tertiary/aromatic N) is 1. The molecule has 0 saturated carbocycles. The highest BCUT2D eigenvalue weighted by molar-refractivity contribution is 5.98. The molecule has 1 N–H and O–H groups in total. The monoisotopic (exact) mass is 256 g/mol. The third kappa shape index (κ3) is 3.07. The van der Waals surface area contributed by atoms with Gasteiger partial charge in [-0.1, -0.05) is 6.92 Å². The minimum Gasteiger partial charge on any atom is -0.381 e. The molecule has 0 aromatic rings. The van der Waals surface area contributed by atoms with E-state index in [9.17, 15) is 9.59 Å². The van der Waals surface area contributed by atoms with Crippen molar-refractivity contribution in [3.8, 4) is 0 Å². The number of nitrogens with one attached hydrogen (secondary N) is 1. The van der Waals surface area contributed by atoms with Crippen molar-refractivity contribution < 1.29 is 19.1 Å². The lowest BCUT2D eigenvalue weighted by Crippen LogP contribution is -2.53. The molecule has 6 heteroatoms. The van der Waals surface area contributed by atoms with Gasteiger partial charge in [-0.2, -0.15) is 0 Å². The van der Waals surface area contributed by atoms with Crippen molar-refractivity contribution >= 4 is 11.8 Å². The summed E-state index contributed by atoms with van der Waals surface area (Å²) < 4.78 is 10.3. The number of hydrogen-bond donors (Lipinski definition) is 1. The predicted octanol–water partition coefficient (Wildman–Crippen LogP) is -0.614. The van der Waals surface area contributed by atoms with Crippen LogP contribution in [0.3, 0.4) is 0 Å². The zero-order valence-corrected chi connectivity index (χ0v) is 10.7. The van der Waals surface area contributed by atoms with Gasteiger partial charge in [0.1, 0.15) is 13.2 Å². The second-order valence-corrected chi connectivity index (χ2v) is 4.68. The van der Waals surface area contributed by atoms with Crippen LogP contribution in [0.25, 0.3) is 0 Å². The molecule has 102 valence electrons. The van der Waals surface area contributed by atoms with E-state index < -0.39 is 0 Å². The largest absolute Gasteiger partial charge is 0.381 e. The number of imide groups is 1. The molecule has 0 aromatic carbocycles. The third-order valence-corrected chi connectivity index (χ3v) is 3.43. The summed E-state index contributed by atoms with van der Waals surface area (Å²) in [6.07, 6.45) is 0.977. The SMILES string of the molecule is CCNC(CN1C(=O)COCC1=O)C1CCOC1. The average Bonchev–Trinajstić information content (AvgIpc) is 2.86. The van der Waals surface area contributed by atoms with Crippen molar-refractivity contribution in [2.45, 2.75) is 19.4 Å². The van der Waals surface area contributed by atoms with Crippen molar-refractivity contribution in [2.24, 2.45) is 5.92 Å². The molecular weight excluding hydrogens is 236 g/mol. The highest BCUT2D eigenvalue weighted by Gasteiger charge is 2.33. The van der Waals surface area contributed by atoms with E-state index in [-0.39, 0.29) is 31.1 Å². The van der Waals surface area contributed by atoms with Crippen LogP contribution in [0, 0.1) is 5.92 Å². The van der Waals surface area contributed by atoms with Gasteiger partial charge in [0.05, 0.1) is 6.61 Å². The van der Waals surface area contributed by atoms with Crippen molar-refractivity contribution in [3.05, 3.63) is 0 Å². The van der Waals surface area contributed by atoms with Crippen molar-refractivity contribution in [1.29, 1.82) is 0 Å². The van der Waals surface area contributed by atoms with Crippen LogP contribution < -0.4 is 5.32 Å². The molecule has 2 aliphatic heterocycles. The Morgan fingerprint density at radius 1 is 1.33 bits per heavy atom. The Morgan fingerprint density at radius 3 is 2.61 bits per heavy atom. The molecule has 6 nitrogen and oxygen atoms in total. The van der Waals surface area contributed by atoms with Gasteiger partial charge in [0.15, 0.2) is 0 Å². The number of carbonyl (C=O) groups is 2. The molecular formula is C12H20N2O4. The molecule has 18 heavy (non-hydrogen) atoms. The molecule has 2 atom stereocenters. The smallest absolute Gasteiger partial charge is 0.255 e. The fourth-order valence-electron chi connectivity index (χ4n) is 2.43. The summed E-state index contributed by atoms with van der Waals surface area (Å²) in [5.74, 6) is -0.116. The lowest BCUT2D eigenvalue weighted by Gasteiger charge is -2.31. The Balaban J connectivity index is 1.98. The van der Waals surface area contributed by atoms with Gasteiger partial charge >= 0.3 is 0 Å². The van der Waals surface area contributed by atoms with Gasteiger partial charge in [-0.3, -0.25) is 14.5 Å². The minimum atomic E-state index is -0.243. The maximum absolute atomic E-state index is 11.7. The Bertz CT molecular complexity index is 299. The first-order valence-electron chi connectivity index (χ1n) is 6.44. The second kappa shape index (κ2) is 6.26. The highest BCUT2D eigenvalue weighted by Crippen LogP contribution is 2.18. The van der Waals surface area contributed by atoms with Gasteiger partial charge in [-0.25, -0.2) is 0 Å². The van der Waals surface area contributed by atoms with E-state index in [0.717, 1.165) is 19.6 Å². The summed E-state index contributed by atoms with van der Waals surface area (Å²) in [7, 11) is 0. The molecule has 2 fully saturated rings. The third-order valence-electron chi connectivity index (χ3n) is 3.43. The Hall–Kier alpha value is -0.980. The summed E-state index contributed by atoms with van der Waals surface area (Å²) in [4.78, 5) is 24.7. The molecule has 2 saturated heterocycles. The fraction of sp³-hybridized carbons (Fsp3) is 0.833. The predicted molar refractivity (Wildman–Crippen MR) is 63.9 cm³/mol. The Morgan fingerprint density at radius 2 is 2.06 bits per heavy atom. The van der Waals surface area contributed by atoms with Gasteiger partial charge in [-0.15, -0.1) is 0 Å². The quantitative estimate of drug-likeness (QED) is 0.664. The van der Waals surface area contributed by atoms with Gasteiger partial charge in [-0.05, 0) is 13.0 Å². The van der Waals surface area contributed by atoms with Crippen LogP contribution in [0.4, 0.5) is 0 Å². The molecule has 0 aromatic heterocycles. The van der Waals surface area contributed by atoms with Crippen molar-refractivity contribution in [3.63, 3.8) is 0 Å². The first-order valence-corrected chi connectivity index (χ1v) is 6.44. The van der Waals surface area contributed by atoms with Gasteiger partial charge in [0, 0.05) is 25.1 Å². The Kier molecular flexibility index (Phi) is 4.68. The lowest BCUT2D eigenvalue weighted by atomic mass is 9.98. The maximum Gasteiger partial charge on any atom is 0.255 e. The number of carbonyl (C=O) groups excluding carboxylic acids is 2. The molecule has 2 amide bonds. The van der Waals surface area contributed by atoms with Crippen LogP contribution in [-0.4, -0.2) is 62.3 Å². The van der Waals surface area contributed by atoms with Gasteiger partial charge < -0.3 is 14.8 Å². The summed E-state index contributed by atoms with van der Waals surface area (Å²) in [6, 6.07) is 0.114. The lowest BCUT2D eigenvalue weighted by molar-refractivity contribution is -0.159. The van der Waals surface area contributed by atoms with E-state index in [4.69, 9.17) is 9.47 Å². The number of amides is 2. The topological polar surface area (TPSA) is 67.9 Å².